The molecular weight excluding hydrogens is 368 g/mol. The Balaban J connectivity index is 1.58. The van der Waals surface area contributed by atoms with Crippen LogP contribution in [0.15, 0.2) is 53.1 Å². The van der Waals surface area contributed by atoms with Crippen molar-refractivity contribution < 1.29 is 9.47 Å². The van der Waals surface area contributed by atoms with Gasteiger partial charge in [-0.25, -0.2) is 4.68 Å². The quantitative estimate of drug-likeness (QED) is 0.627. The Morgan fingerprint density at radius 3 is 2.88 bits per heavy atom. The predicted molar refractivity (Wildman–Crippen MR) is 97.0 cm³/mol. The second-order valence-corrected chi connectivity index (χ2v) is 6.88. The maximum Gasteiger partial charge on any atom is 0.150 e. The van der Waals surface area contributed by atoms with Crippen LogP contribution in [-0.2, 0) is 11.3 Å². The molecule has 1 fully saturated rings. The number of ether oxygens (including phenoxy) is 2. The summed E-state index contributed by atoms with van der Waals surface area (Å²) in [5.41, 5.74) is 2.22. The molecule has 0 aliphatic carbocycles. The molecule has 124 valence electrons. The van der Waals surface area contributed by atoms with Crippen LogP contribution in [0.4, 0.5) is 0 Å². The normalized spacial score (nSPS) is 18.0. The fraction of sp³-hybridized carbons (Fsp3) is 0.316. The van der Waals surface area contributed by atoms with Crippen molar-refractivity contribution >= 4 is 26.8 Å². The average Bonchev–Trinajstić information content (AvgIpc) is 3.04. The summed E-state index contributed by atoms with van der Waals surface area (Å²) in [6.07, 6.45) is 5.26. The first-order valence-electron chi connectivity index (χ1n) is 8.26. The van der Waals surface area contributed by atoms with E-state index in [0.717, 1.165) is 46.1 Å². The number of hydrogen-bond donors (Lipinski definition) is 0. The van der Waals surface area contributed by atoms with Crippen LogP contribution in [0, 0.1) is 0 Å². The Hall–Kier alpha value is -1.85. The Morgan fingerprint density at radius 2 is 2.08 bits per heavy atom. The fourth-order valence-electron chi connectivity index (χ4n) is 3.04. The van der Waals surface area contributed by atoms with Gasteiger partial charge in [0, 0.05) is 12.0 Å². The van der Waals surface area contributed by atoms with Crippen molar-refractivity contribution in [3.63, 3.8) is 0 Å². The first-order valence-corrected chi connectivity index (χ1v) is 9.06. The molecule has 5 heteroatoms. The summed E-state index contributed by atoms with van der Waals surface area (Å²) in [5.74, 6) is 0.829. The van der Waals surface area contributed by atoms with E-state index in [2.05, 4.69) is 39.2 Å². The van der Waals surface area contributed by atoms with Gasteiger partial charge in [-0.2, -0.15) is 5.10 Å². The average molecular weight is 387 g/mol. The summed E-state index contributed by atoms with van der Waals surface area (Å²) in [4.78, 5) is 0. The molecule has 1 aliphatic rings. The highest BCUT2D eigenvalue weighted by Gasteiger charge is 2.19. The van der Waals surface area contributed by atoms with E-state index in [9.17, 15) is 0 Å². The maximum absolute atomic E-state index is 5.97. The highest BCUT2D eigenvalue weighted by molar-refractivity contribution is 9.10. The number of nitrogens with zero attached hydrogens (tertiary/aromatic N) is 2. The van der Waals surface area contributed by atoms with E-state index in [1.807, 2.05) is 35.1 Å². The molecule has 24 heavy (non-hydrogen) atoms. The van der Waals surface area contributed by atoms with E-state index in [4.69, 9.17) is 9.47 Å². The second-order valence-electron chi connectivity index (χ2n) is 6.03. The monoisotopic (exact) mass is 386 g/mol. The van der Waals surface area contributed by atoms with E-state index in [1.54, 1.807) is 0 Å². The lowest BCUT2D eigenvalue weighted by molar-refractivity contribution is -0.0366. The third-order valence-corrected chi connectivity index (χ3v) is 4.93. The van der Waals surface area contributed by atoms with Gasteiger partial charge in [0.2, 0.25) is 0 Å². The third kappa shape index (κ3) is 3.19. The van der Waals surface area contributed by atoms with Crippen LogP contribution in [0.3, 0.4) is 0 Å². The molecule has 3 aromatic rings. The number of hydrogen-bond acceptors (Lipinski definition) is 3. The molecule has 2 heterocycles. The van der Waals surface area contributed by atoms with Crippen molar-refractivity contribution in [2.75, 3.05) is 6.61 Å². The first-order chi connectivity index (χ1) is 11.8. The number of fused-ring (bicyclic) bond motifs is 1. The Labute approximate surface area is 149 Å². The maximum atomic E-state index is 5.97. The molecular formula is C19H19BrN2O2. The van der Waals surface area contributed by atoms with Crippen LogP contribution < -0.4 is 4.74 Å². The van der Waals surface area contributed by atoms with E-state index in [0.29, 0.717) is 6.61 Å². The highest BCUT2D eigenvalue weighted by atomic mass is 79.9. The Bertz CT molecular complexity index is 826. The zero-order chi connectivity index (χ0) is 16.4. The molecule has 0 unspecified atom stereocenters. The lowest BCUT2D eigenvalue weighted by atomic mass is 10.2. The second kappa shape index (κ2) is 6.95. The first kappa shape index (κ1) is 15.7. The molecule has 0 radical (unpaired) electrons. The zero-order valence-electron chi connectivity index (χ0n) is 13.3. The van der Waals surface area contributed by atoms with Gasteiger partial charge in [0.05, 0.1) is 16.2 Å². The molecule has 0 spiro atoms. The summed E-state index contributed by atoms with van der Waals surface area (Å²) in [5, 5.41) is 5.60. The van der Waals surface area contributed by atoms with Crippen molar-refractivity contribution in [3.05, 3.63) is 58.7 Å². The summed E-state index contributed by atoms with van der Waals surface area (Å²) >= 11 is 3.63. The smallest absolute Gasteiger partial charge is 0.150 e. The van der Waals surface area contributed by atoms with Crippen LogP contribution in [0.1, 0.15) is 31.1 Å². The summed E-state index contributed by atoms with van der Waals surface area (Å²) in [6, 6.07) is 14.3. The molecule has 0 saturated carbocycles. The zero-order valence-corrected chi connectivity index (χ0v) is 14.9. The number of rotatable bonds is 4. The summed E-state index contributed by atoms with van der Waals surface area (Å²) in [6.45, 7) is 1.36. The molecule has 4 nitrogen and oxygen atoms in total. The minimum Gasteiger partial charge on any atom is -0.488 e. The van der Waals surface area contributed by atoms with Gasteiger partial charge in [0.1, 0.15) is 12.4 Å². The molecule has 1 aromatic heterocycles. The SMILES string of the molecule is Brc1cc2c(cnn2[C@@H]2CCCCO2)cc1OCc1ccccc1. The predicted octanol–water partition coefficient (Wildman–Crippen LogP) is 5.08. The third-order valence-electron chi connectivity index (χ3n) is 4.31. The number of benzene rings is 2. The van der Waals surface area contributed by atoms with Crippen molar-refractivity contribution in [2.45, 2.75) is 32.1 Å². The summed E-state index contributed by atoms with van der Waals surface area (Å²) in [7, 11) is 0. The highest BCUT2D eigenvalue weighted by Crippen LogP contribution is 2.33. The van der Waals surface area contributed by atoms with E-state index < -0.39 is 0 Å². The van der Waals surface area contributed by atoms with E-state index in [-0.39, 0.29) is 6.23 Å². The van der Waals surface area contributed by atoms with Gasteiger partial charge in [0.15, 0.2) is 6.23 Å². The van der Waals surface area contributed by atoms with Gasteiger partial charge in [-0.1, -0.05) is 30.3 Å². The van der Waals surface area contributed by atoms with Crippen LogP contribution in [0.2, 0.25) is 0 Å². The molecule has 1 atom stereocenters. The van der Waals surface area contributed by atoms with Gasteiger partial charge >= 0.3 is 0 Å². The van der Waals surface area contributed by atoms with Gasteiger partial charge in [-0.15, -0.1) is 0 Å². The van der Waals surface area contributed by atoms with Crippen molar-refractivity contribution in [1.29, 1.82) is 0 Å². The summed E-state index contributed by atoms with van der Waals surface area (Å²) < 4.78 is 14.8. The Morgan fingerprint density at radius 1 is 1.21 bits per heavy atom. The molecule has 0 N–H and O–H groups in total. The van der Waals surface area contributed by atoms with Gasteiger partial charge in [0.25, 0.3) is 0 Å². The largest absolute Gasteiger partial charge is 0.488 e. The fourth-order valence-corrected chi connectivity index (χ4v) is 3.48. The lowest BCUT2D eigenvalue weighted by Gasteiger charge is -2.23. The molecule has 2 aromatic carbocycles. The van der Waals surface area contributed by atoms with Gasteiger partial charge in [-0.3, -0.25) is 0 Å². The van der Waals surface area contributed by atoms with Crippen LogP contribution in [0.25, 0.3) is 10.9 Å². The molecule has 0 amide bonds. The van der Waals surface area contributed by atoms with E-state index in [1.165, 1.54) is 6.42 Å². The molecule has 1 saturated heterocycles. The Kier molecular flexibility index (Phi) is 4.54. The molecule has 1 aliphatic heterocycles. The number of aromatic nitrogens is 2. The van der Waals surface area contributed by atoms with Crippen LogP contribution in [0.5, 0.6) is 5.75 Å². The van der Waals surface area contributed by atoms with Crippen LogP contribution in [-0.4, -0.2) is 16.4 Å². The van der Waals surface area contributed by atoms with Crippen molar-refractivity contribution in [2.24, 2.45) is 0 Å². The van der Waals surface area contributed by atoms with Crippen LogP contribution >= 0.6 is 15.9 Å². The minimum absolute atomic E-state index is 0.0410. The van der Waals surface area contributed by atoms with E-state index >= 15 is 0 Å². The minimum atomic E-state index is 0.0410. The molecule has 0 bridgehead atoms. The van der Waals surface area contributed by atoms with Gasteiger partial charge < -0.3 is 9.47 Å². The van der Waals surface area contributed by atoms with Crippen molar-refractivity contribution in [3.8, 4) is 5.75 Å². The van der Waals surface area contributed by atoms with Crippen molar-refractivity contribution in [1.82, 2.24) is 9.78 Å². The molecule has 4 rings (SSSR count). The van der Waals surface area contributed by atoms with Gasteiger partial charge in [-0.05, 0) is 52.9 Å². The lowest BCUT2D eigenvalue weighted by Crippen LogP contribution is -2.18. The topological polar surface area (TPSA) is 36.3 Å². The standard InChI is InChI=1S/C19H19BrN2O2/c20-16-11-17-15(12-21-22(17)19-8-4-5-9-23-19)10-18(16)24-13-14-6-2-1-3-7-14/h1-3,6-7,10-12,19H,4-5,8-9,13H2/t19-/m0/s1. The number of halogens is 1.